The quantitative estimate of drug-likeness (QED) is 0.188. The SMILES string of the molecule is C[C@@H](O)C1C(=O)N2C(C(=O)[O-])=C(SC3CN(S(=O)(=O)NCC(O)CN)C3)[C@H](C)C12.[Na+]. The molecule has 3 aliphatic rings. The predicted molar refractivity (Wildman–Crippen MR) is 102 cm³/mol. The Morgan fingerprint density at radius 2 is 2.00 bits per heavy atom. The van der Waals surface area contributed by atoms with Crippen molar-refractivity contribution in [1.82, 2.24) is 13.9 Å². The molecule has 0 saturated carbocycles. The number of nitrogens with one attached hydrogen (secondary N) is 1. The van der Waals surface area contributed by atoms with Gasteiger partial charge < -0.3 is 30.7 Å². The van der Waals surface area contributed by atoms with Crippen molar-refractivity contribution < 1.29 is 62.9 Å². The maximum atomic E-state index is 12.3. The van der Waals surface area contributed by atoms with Crippen molar-refractivity contribution in [2.45, 2.75) is 37.3 Å². The molecule has 5 atom stereocenters. The van der Waals surface area contributed by atoms with Crippen LogP contribution in [-0.4, -0.2) is 89.4 Å². The van der Waals surface area contributed by atoms with Crippen molar-refractivity contribution in [1.29, 1.82) is 0 Å². The fourth-order valence-electron chi connectivity index (χ4n) is 3.90. The summed E-state index contributed by atoms with van der Waals surface area (Å²) in [6, 6.07) is -0.433. The van der Waals surface area contributed by atoms with E-state index in [1.165, 1.54) is 27.9 Å². The Balaban J connectivity index is 0.00000320. The third-order valence-corrected chi connectivity index (χ3v) is 8.48. The summed E-state index contributed by atoms with van der Waals surface area (Å²) in [5.74, 6) is -2.85. The van der Waals surface area contributed by atoms with Gasteiger partial charge in [-0.15, -0.1) is 11.8 Å². The van der Waals surface area contributed by atoms with Crippen LogP contribution in [-0.2, 0) is 19.8 Å². The molecule has 164 valence electrons. The molecular formula is C16H25N4NaO7S2. The third-order valence-electron chi connectivity index (χ3n) is 5.52. The number of hydrogen-bond donors (Lipinski definition) is 4. The van der Waals surface area contributed by atoms with Crippen molar-refractivity contribution in [2.24, 2.45) is 17.6 Å². The molecule has 2 fully saturated rings. The number of carboxylic acid groups (broad SMARTS) is 1. The molecule has 3 unspecified atom stereocenters. The molecule has 11 nitrogen and oxygen atoms in total. The van der Waals surface area contributed by atoms with Crippen LogP contribution in [0.5, 0.6) is 0 Å². The van der Waals surface area contributed by atoms with Crippen LogP contribution in [0.2, 0.25) is 0 Å². The van der Waals surface area contributed by atoms with Crippen LogP contribution in [0.4, 0.5) is 0 Å². The molecule has 3 rings (SSSR count). The molecule has 0 aromatic carbocycles. The fourth-order valence-corrected chi connectivity index (χ4v) is 6.94. The van der Waals surface area contributed by atoms with Crippen LogP contribution in [0.15, 0.2) is 10.6 Å². The number of nitrogens with zero attached hydrogens (tertiary/aromatic N) is 2. The first kappa shape index (κ1) is 26.0. The number of aliphatic hydroxyl groups is 2. The summed E-state index contributed by atoms with van der Waals surface area (Å²) in [5.41, 5.74) is 5.07. The number of aliphatic hydroxyl groups excluding tert-OH is 2. The summed E-state index contributed by atoms with van der Waals surface area (Å²) in [4.78, 5) is 25.6. The van der Waals surface area contributed by atoms with Gasteiger partial charge in [0, 0.05) is 42.3 Å². The minimum absolute atomic E-state index is 0. The zero-order valence-corrected chi connectivity index (χ0v) is 20.6. The largest absolute Gasteiger partial charge is 1.00 e. The van der Waals surface area contributed by atoms with E-state index < -0.39 is 46.3 Å². The summed E-state index contributed by atoms with van der Waals surface area (Å²) >= 11 is 1.23. The molecule has 0 aromatic heterocycles. The van der Waals surface area contributed by atoms with Crippen LogP contribution in [0.3, 0.4) is 0 Å². The van der Waals surface area contributed by atoms with Crippen molar-refractivity contribution in [3.63, 3.8) is 0 Å². The molecule has 0 spiro atoms. The van der Waals surface area contributed by atoms with Gasteiger partial charge in [0.05, 0.1) is 35.8 Å². The number of carbonyl (C=O) groups is 2. The molecule has 30 heavy (non-hydrogen) atoms. The van der Waals surface area contributed by atoms with Gasteiger partial charge in [0.15, 0.2) is 0 Å². The number of β-lactam (4-membered cyclic amide) rings is 1. The van der Waals surface area contributed by atoms with Crippen molar-refractivity contribution in [2.75, 3.05) is 26.2 Å². The number of rotatable bonds is 9. The van der Waals surface area contributed by atoms with Gasteiger partial charge in [-0.25, -0.2) is 0 Å². The molecule has 0 radical (unpaired) electrons. The first-order valence-electron chi connectivity index (χ1n) is 9.25. The number of fused-ring (bicyclic) bond motifs is 1. The van der Waals surface area contributed by atoms with Gasteiger partial charge in [-0.1, -0.05) is 6.92 Å². The minimum atomic E-state index is -3.76. The van der Waals surface area contributed by atoms with E-state index in [2.05, 4.69) is 4.72 Å². The predicted octanol–water partition coefficient (Wildman–Crippen LogP) is -6.62. The second kappa shape index (κ2) is 9.73. The molecule has 3 heterocycles. The van der Waals surface area contributed by atoms with Gasteiger partial charge in [0.25, 0.3) is 10.2 Å². The zero-order chi connectivity index (χ0) is 21.7. The molecule has 0 aliphatic carbocycles. The van der Waals surface area contributed by atoms with E-state index in [0.717, 1.165) is 0 Å². The Hall–Kier alpha value is -0.220. The number of hydrogen-bond acceptors (Lipinski definition) is 9. The van der Waals surface area contributed by atoms with E-state index in [1.54, 1.807) is 6.92 Å². The summed E-state index contributed by atoms with van der Waals surface area (Å²) in [6.45, 7) is 3.36. The molecule has 5 N–H and O–H groups in total. The van der Waals surface area contributed by atoms with Gasteiger partial charge in [-0.2, -0.15) is 17.4 Å². The number of thioether (sulfide) groups is 1. The van der Waals surface area contributed by atoms with E-state index in [9.17, 15) is 33.3 Å². The Kier molecular flexibility index (Phi) is 8.44. The van der Waals surface area contributed by atoms with Gasteiger partial charge in [0.1, 0.15) is 0 Å². The Labute approximate surface area is 201 Å². The zero-order valence-electron chi connectivity index (χ0n) is 17.0. The monoisotopic (exact) mass is 472 g/mol. The summed E-state index contributed by atoms with van der Waals surface area (Å²) in [7, 11) is -3.76. The Bertz CT molecular complexity index is 831. The number of carboxylic acids is 1. The smallest absolute Gasteiger partial charge is 0.543 e. The first-order valence-corrected chi connectivity index (χ1v) is 11.6. The summed E-state index contributed by atoms with van der Waals surface area (Å²) < 4.78 is 27.8. The van der Waals surface area contributed by atoms with Gasteiger partial charge in [-0.3, -0.25) is 4.79 Å². The molecular weight excluding hydrogens is 447 g/mol. The number of aliphatic carboxylic acids is 1. The molecule has 1 amide bonds. The first-order chi connectivity index (χ1) is 13.5. The normalized spacial score (nSPS) is 29.0. The number of nitrogens with two attached hydrogens (primary N) is 1. The van der Waals surface area contributed by atoms with E-state index in [1.807, 2.05) is 0 Å². The average Bonchev–Trinajstić information content (AvgIpc) is 2.83. The molecule has 2 saturated heterocycles. The standard InChI is InChI=1S/C16H26N4O7S2.Na/c1-7-12-11(8(2)21)15(23)20(12)13(16(24)25)14(7)28-10-5-19(6-10)29(26,27)18-4-9(22)3-17;/h7-12,18,21-22H,3-6,17H2,1-2H3,(H,24,25);/q;+1/p-1/t7-,8-,9?,11?,12?;/m1./s1. The molecule has 3 aliphatic heterocycles. The van der Waals surface area contributed by atoms with Crippen LogP contribution in [0.1, 0.15) is 13.8 Å². The molecule has 14 heteroatoms. The van der Waals surface area contributed by atoms with Gasteiger partial charge in [-0.05, 0) is 6.92 Å². The minimum Gasteiger partial charge on any atom is -0.543 e. The van der Waals surface area contributed by atoms with E-state index in [0.29, 0.717) is 4.91 Å². The Morgan fingerprint density at radius 3 is 2.50 bits per heavy atom. The summed E-state index contributed by atoms with van der Waals surface area (Å²) in [6.07, 6.45) is -1.87. The average molecular weight is 473 g/mol. The number of amides is 1. The van der Waals surface area contributed by atoms with Crippen molar-refractivity contribution in [3.05, 3.63) is 10.6 Å². The second-order valence-corrected chi connectivity index (χ2v) is 10.7. The van der Waals surface area contributed by atoms with Gasteiger partial charge in [0.2, 0.25) is 5.91 Å². The van der Waals surface area contributed by atoms with Crippen molar-refractivity contribution in [3.8, 4) is 0 Å². The van der Waals surface area contributed by atoms with Crippen molar-refractivity contribution >= 4 is 33.8 Å². The second-order valence-electron chi connectivity index (χ2n) is 7.55. The summed E-state index contributed by atoms with van der Waals surface area (Å²) in [5, 5.41) is 30.7. The van der Waals surface area contributed by atoms with Crippen LogP contribution >= 0.6 is 11.8 Å². The fraction of sp³-hybridized carbons (Fsp3) is 0.750. The Morgan fingerprint density at radius 1 is 1.40 bits per heavy atom. The maximum Gasteiger partial charge on any atom is 1.00 e. The molecule has 0 aromatic rings. The molecule has 0 bridgehead atoms. The van der Waals surface area contributed by atoms with Gasteiger partial charge >= 0.3 is 29.6 Å². The van der Waals surface area contributed by atoms with Crippen LogP contribution in [0, 0.1) is 11.8 Å². The van der Waals surface area contributed by atoms with E-state index >= 15 is 0 Å². The third kappa shape index (κ3) is 4.60. The topological polar surface area (TPSA) is 176 Å². The maximum absolute atomic E-state index is 12.3. The van der Waals surface area contributed by atoms with E-state index in [-0.39, 0.29) is 72.6 Å². The number of carbonyl (C=O) groups excluding carboxylic acids is 2. The van der Waals surface area contributed by atoms with Crippen LogP contribution in [0.25, 0.3) is 0 Å². The van der Waals surface area contributed by atoms with E-state index in [4.69, 9.17) is 5.73 Å². The van der Waals surface area contributed by atoms with Crippen LogP contribution < -0.4 is 45.1 Å².